The summed E-state index contributed by atoms with van der Waals surface area (Å²) in [7, 11) is 1.13. The quantitative estimate of drug-likeness (QED) is 0.789. The molecule has 112 valence electrons. The third kappa shape index (κ3) is 3.33. The molecule has 0 aliphatic carbocycles. The molecule has 0 fully saturated rings. The molecule has 0 unspecified atom stereocenters. The molecule has 8 heteroatoms. The molecule has 0 N–H and O–H groups in total. The zero-order valence-corrected chi connectivity index (χ0v) is 11.0. The fraction of sp³-hybridized carbons (Fsp3) is 0.231. The van der Waals surface area contributed by atoms with E-state index >= 15 is 0 Å². The van der Waals surface area contributed by atoms with Gasteiger partial charge in [-0.1, -0.05) is 0 Å². The molecule has 0 amide bonds. The van der Waals surface area contributed by atoms with E-state index in [1.165, 1.54) is 19.1 Å². The molecule has 0 saturated carbocycles. The maximum atomic E-state index is 12.5. The van der Waals surface area contributed by atoms with Crippen LogP contribution in [0.15, 0.2) is 28.7 Å². The van der Waals surface area contributed by atoms with Gasteiger partial charge in [-0.25, -0.2) is 4.79 Å². The molecule has 0 spiro atoms. The second-order valence-electron chi connectivity index (χ2n) is 4.01. The van der Waals surface area contributed by atoms with Crippen molar-refractivity contribution >= 4 is 6.16 Å². The summed E-state index contributed by atoms with van der Waals surface area (Å²) in [5, 5.41) is 0. The van der Waals surface area contributed by atoms with Crippen LogP contribution in [0.25, 0.3) is 11.5 Å². The van der Waals surface area contributed by atoms with Gasteiger partial charge >= 0.3 is 12.3 Å². The Labute approximate surface area is 117 Å². The van der Waals surface area contributed by atoms with E-state index in [4.69, 9.17) is 9.15 Å². The predicted molar refractivity (Wildman–Crippen MR) is 64.7 cm³/mol. The summed E-state index contributed by atoms with van der Waals surface area (Å²) in [5.41, 5.74) is -0.452. The first-order valence-corrected chi connectivity index (χ1v) is 5.72. The van der Waals surface area contributed by atoms with Crippen molar-refractivity contribution < 1.29 is 31.9 Å². The highest BCUT2D eigenvalue weighted by Crippen LogP contribution is 2.32. The van der Waals surface area contributed by atoms with Crippen molar-refractivity contribution in [2.45, 2.75) is 13.1 Å². The molecule has 2 rings (SSSR count). The van der Waals surface area contributed by atoms with Crippen molar-refractivity contribution in [3.05, 3.63) is 35.6 Å². The van der Waals surface area contributed by atoms with E-state index in [2.05, 4.69) is 9.72 Å². The van der Waals surface area contributed by atoms with Crippen LogP contribution in [0.5, 0.6) is 5.88 Å². The molecule has 1 aromatic heterocycles. The number of methoxy groups -OCH3 is 1. The number of ether oxygens (including phenoxy) is 2. The van der Waals surface area contributed by atoms with Crippen molar-refractivity contribution in [1.82, 2.24) is 4.98 Å². The number of aromatic nitrogens is 1. The van der Waals surface area contributed by atoms with E-state index in [1.54, 1.807) is 0 Å². The Kier molecular flexibility index (Phi) is 3.88. The first kappa shape index (κ1) is 14.9. The normalized spacial score (nSPS) is 11.3. The molecular formula is C13H10F3NO4. The van der Waals surface area contributed by atoms with Crippen LogP contribution >= 0.6 is 0 Å². The SMILES string of the molecule is COC(=O)Oc1nc(-c2ccc(C(F)(F)F)cc2)oc1C. The number of benzene rings is 1. The Hall–Kier alpha value is -2.51. The van der Waals surface area contributed by atoms with Crippen LogP contribution in [0.1, 0.15) is 11.3 Å². The van der Waals surface area contributed by atoms with Gasteiger partial charge in [-0.15, -0.1) is 0 Å². The number of carbonyl (C=O) groups excluding carboxylic acids is 1. The van der Waals surface area contributed by atoms with Crippen LogP contribution in [0.3, 0.4) is 0 Å². The minimum Gasteiger partial charge on any atom is -0.437 e. The van der Waals surface area contributed by atoms with E-state index in [0.717, 1.165) is 19.2 Å². The summed E-state index contributed by atoms with van der Waals surface area (Å²) in [6, 6.07) is 4.26. The molecule has 1 heterocycles. The first-order chi connectivity index (χ1) is 9.81. The lowest BCUT2D eigenvalue weighted by Gasteiger charge is -2.05. The van der Waals surface area contributed by atoms with Gasteiger partial charge in [-0.05, 0) is 31.2 Å². The highest BCUT2D eigenvalue weighted by atomic mass is 19.4. The average molecular weight is 301 g/mol. The number of carbonyl (C=O) groups is 1. The molecule has 1 aromatic carbocycles. The van der Waals surface area contributed by atoms with Crippen LogP contribution in [-0.4, -0.2) is 18.2 Å². The number of oxazole rings is 1. The molecule has 0 radical (unpaired) electrons. The summed E-state index contributed by atoms with van der Waals surface area (Å²) >= 11 is 0. The van der Waals surface area contributed by atoms with Crippen LogP contribution in [0, 0.1) is 6.92 Å². The second-order valence-corrected chi connectivity index (χ2v) is 4.01. The van der Waals surface area contributed by atoms with Crippen LogP contribution in [0.2, 0.25) is 0 Å². The van der Waals surface area contributed by atoms with Crippen LogP contribution in [0.4, 0.5) is 18.0 Å². The Bertz CT molecular complexity index is 646. The van der Waals surface area contributed by atoms with Crippen molar-refractivity contribution in [2.75, 3.05) is 7.11 Å². The lowest BCUT2D eigenvalue weighted by atomic mass is 10.1. The van der Waals surface area contributed by atoms with E-state index < -0.39 is 17.9 Å². The summed E-state index contributed by atoms with van der Waals surface area (Å²) in [5.74, 6) is 0.146. The number of rotatable bonds is 2. The molecule has 0 aliphatic rings. The van der Waals surface area contributed by atoms with Crippen molar-refractivity contribution in [3.8, 4) is 17.3 Å². The van der Waals surface area contributed by atoms with Gasteiger partial charge in [0.05, 0.1) is 12.7 Å². The van der Waals surface area contributed by atoms with Gasteiger partial charge in [0.25, 0.3) is 5.88 Å². The van der Waals surface area contributed by atoms with Crippen molar-refractivity contribution in [3.63, 3.8) is 0 Å². The first-order valence-electron chi connectivity index (χ1n) is 5.72. The summed E-state index contributed by atoms with van der Waals surface area (Å²) < 4.78 is 51.7. The van der Waals surface area contributed by atoms with E-state index in [0.29, 0.717) is 5.56 Å². The van der Waals surface area contributed by atoms with Gasteiger partial charge < -0.3 is 13.9 Å². The zero-order chi connectivity index (χ0) is 15.6. The molecule has 21 heavy (non-hydrogen) atoms. The molecule has 0 aliphatic heterocycles. The summed E-state index contributed by atoms with van der Waals surface area (Å²) in [6.07, 6.45) is -5.38. The van der Waals surface area contributed by atoms with E-state index in [1.807, 2.05) is 0 Å². The molecule has 2 aromatic rings. The molecule has 5 nitrogen and oxygen atoms in total. The van der Waals surface area contributed by atoms with Gasteiger partial charge in [-0.2, -0.15) is 18.2 Å². The zero-order valence-electron chi connectivity index (χ0n) is 11.0. The van der Waals surface area contributed by atoms with Crippen molar-refractivity contribution in [1.29, 1.82) is 0 Å². The second kappa shape index (κ2) is 5.47. The lowest BCUT2D eigenvalue weighted by Crippen LogP contribution is -2.08. The highest BCUT2D eigenvalue weighted by Gasteiger charge is 2.30. The lowest BCUT2D eigenvalue weighted by molar-refractivity contribution is -0.137. The Morgan fingerprint density at radius 1 is 1.24 bits per heavy atom. The molecule has 0 bridgehead atoms. The van der Waals surface area contributed by atoms with Gasteiger partial charge in [0, 0.05) is 5.56 Å². The number of aryl methyl sites for hydroxylation is 1. The van der Waals surface area contributed by atoms with E-state index in [-0.39, 0.29) is 17.5 Å². The smallest absolute Gasteiger partial charge is 0.437 e. The fourth-order valence-electron chi connectivity index (χ4n) is 1.52. The van der Waals surface area contributed by atoms with Gasteiger partial charge in [0.2, 0.25) is 5.89 Å². The van der Waals surface area contributed by atoms with E-state index in [9.17, 15) is 18.0 Å². The maximum Gasteiger partial charge on any atom is 0.515 e. The number of hydrogen-bond donors (Lipinski definition) is 0. The van der Waals surface area contributed by atoms with Crippen molar-refractivity contribution in [2.24, 2.45) is 0 Å². The number of halogens is 3. The van der Waals surface area contributed by atoms with Gasteiger partial charge in [-0.3, -0.25) is 0 Å². The third-order valence-corrected chi connectivity index (χ3v) is 2.56. The standard InChI is InChI=1S/C13H10F3NO4/c1-7-10(21-12(18)19-2)17-11(20-7)8-3-5-9(6-4-8)13(14,15)16/h3-6H,1-2H3. The fourth-order valence-corrected chi connectivity index (χ4v) is 1.52. The minimum absolute atomic E-state index is 0.0418. The van der Waals surface area contributed by atoms with Crippen LogP contribution < -0.4 is 4.74 Å². The number of nitrogens with zero attached hydrogens (tertiary/aromatic N) is 1. The topological polar surface area (TPSA) is 61.6 Å². The maximum absolute atomic E-state index is 12.5. The molecule has 0 atom stereocenters. The Morgan fingerprint density at radius 2 is 1.86 bits per heavy atom. The van der Waals surface area contributed by atoms with Gasteiger partial charge in [0.1, 0.15) is 0 Å². The number of alkyl halides is 3. The van der Waals surface area contributed by atoms with Gasteiger partial charge in [0.15, 0.2) is 5.76 Å². The largest absolute Gasteiger partial charge is 0.515 e. The summed E-state index contributed by atoms with van der Waals surface area (Å²) in [6.45, 7) is 1.50. The minimum atomic E-state index is -4.41. The monoisotopic (exact) mass is 301 g/mol. The number of hydrogen-bond acceptors (Lipinski definition) is 5. The highest BCUT2D eigenvalue weighted by molar-refractivity contribution is 5.64. The average Bonchev–Trinajstić information content (AvgIpc) is 2.79. The summed E-state index contributed by atoms with van der Waals surface area (Å²) in [4.78, 5) is 14.9. The predicted octanol–water partition coefficient (Wildman–Crippen LogP) is 3.81. The molecule has 0 saturated heterocycles. The third-order valence-electron chi connectivity index (χ3n) is 2.56. The Balaban J connectivity index is 2.26. The van der Waals surface area contributed by atoms with Crippen LogP contribution in [-0.2, 0) is 10.9 Å². The molecular weight excluding hydrogens is 291 g/mol. The Morgan fingerprint density at radius 3 is 2.38 bits per heavy atom.